The first kappa shape index (κ1) is 13.6. The molecule has 1 atom stereocenters. The zero-order chi connectivity index (χ0) is 12.1. The van der Waals surface area contributed by atoms with Crippen LogP contribution in [0.5, 0.6) is 0 Å². The van der Waals surface area contributed by atoms with Gasteiger partial charge >= 0.3 is 0 Å². The summed E-state index contributed by atoms with van der Waals surface area (Å²) < 4.78 is 21.0. The lowest BCUT2D eigenvalue weighted by Crippen LogP contribution is -2.49. The van der Waals surface area contributed by atoms with Crippen LogP contribution >= 0.6 is 0 Å². The van der Waals surface area contributed by atoms with Crippen molar-refractivity contribution < 1.29 is 13.6 Å². The normalized spacial score (nSPS) is 20.1. The lowest BCUT2D eigenvalue weighted by atomic mass is 10.1. The fourth-order valence-corrected chi connectivity index (χ4v) is 2.31. The molecular formula is C10H19N2O3S-. The minimum atomic E-state index is -2.02. The molecule has 1 fully saturated rings. The molecule has 1 rings (SSSR count). The monoisotopic (exact) mass is 247 g/mol. The van der Waals surface area contributed by atoms with E-state index >= 15 is 0 Å². The molecule has 0 saturated carbocycles. The summed E-state index contributed by atoms with van der Waals surface area (Å²) in [7, 11) is 0. The third-order valence-electron chi connectivity index (χ3n) is 2.60. The van der Waals surface area contributed by atoms with Gasteiger partial charge in [-0.1, -0.05) is 13.8 Å². The van der Waals surface area contributed by atoms with Gasteiger partial charge in [-0.25, -0.2) is 0 Å². The zero-order valence-corrected chi connectivity index (χ0v) is 10.7. The number of carbonyl (C=O) groups excluding carboxylic acids is 1. The maximum absolute atomic E-state index is 11.7. The van der Waals surface area contributed by atoms with E-state index in [1.165, 1.54) is 0 Å². The molecule has 0 aromatic heterocycles. The summed E-state index contributed by atoms with van der Waals surface area (Å²) in [5.74, 6) is 0.629. The van der Waals surface area contributed by atoms with E-state index in [9.17, 15) is 13.6 Å². The van der Waals surface area contributed by atoms with Crippen molar-refractivity contribution in [1.29, 1.82) is 0 Å². The first-order valence-electron chi connectivity index (χ1n) is 5.55. The number of nitrogens with zero attached hydrogens (tertiary/aromatic N) is 2. The SMILES string of the molecule is CC(C)CC(=O)N1CCN(CS(=O)[O-])CC1. The van der Waals surface area contributed by atoms with Gasteiger partial charge in [0.2, 0.25) is 5.91 Å². The molecule has 94 valence electrons. The summed E-state index contributed by atoms with van der Waals surface area (Å²) >= 11 is -2.02. The number of carbonyl (C=O) groups is 1. The quantitative estimate of drug-likeness (QED) is 0.657. The van der Waals surface area contributed by atoms with Crippen LogP contribution in [0, 0.1) is 5.92 Å². The Bertz CT molecular complexity index is 263. The average Bonchev–Trinajstić information content (AvgIpc) is 2.16. The maximum atomic E-state index is 11.7. The first-order valence-corrected chi connectivity index (χ1v) is 6.79. The maximum Gasteiger partial charge on any atom is 0.222 e. The summed E-state index contributed by atoms with van der Waals surface area (Å²) in [5.41, 5.74) is 0. The number of hydrogen-bond donors (Lipinski definition) is 0. The van der Waals surface area contributed by atoms with Gasteiger partial charge in [0.05, 0.1) is 5.88 Å². The van der Waals surface area contributed by atoms with Crippen LogP contribution in [0.4, 0.5) is 0 Å². The molecule has 1 aliphatic heterocycles. The Labute approximate surface area is 99.1 Å². The molecule has 0 N–H and O–H groups in total. The lowest BCUT2D eigenvalue weighted by molar-refractivity contribution is -0.133. The van der Waals surface area contributed by atoms with Gasteiger partial charge in [0, 0.05) is 32.6 Å². The van der Waals surface area contributed by atoms with Crippen LogP contribution < -0.4 is 0 Å². The van der Waals surface area contributed by atoms with Crippen molar-refractivity contribution >= 4 is 17.0 Å². The van der Waals surface area contributed by atoms with Crippen molar-refractivity contribution in [1.82, 2.24) is 9.80 Å². The highest BCUT2D eigenvalue weighted by atomic mass is 32.2. The minimum Gasteiger partial charge on any atom is -0.771 e. The minimum absolute atomic E-state index is 0.0756. The van der Waals surface area contributed by atoms with Crippen LogP contribution in [-0.4, -0.2) is 56.5 Å². The molecule has 1 saturated heterocycles. The van der Waals surface area contributed by atoms with Gasteiger partial charge in [-0.15, -0.1) is 0 Å². The van der Waals surface area contributed by atoms with Crippen LogP contribution in [0.1, 0.15) is 20.3 Å². The summed E-state index contributed by atoms with van der Waals surface area (Å²) in [6.07, 6.45) is 0.577. The standard InChI is InChI=1S/C10H20N2O3S/c1-9(2)7-10(13)12-5-3-11(4-6-12)8-16(14)15/h9H,3-8H2,1-2H3,(H,14,15)/p-1. The lowest BCUT2D eigenvalue weighted by Gasteiger charge is -2.35. The Morgan fingerprint density at radius 1 is 1.31 bits per heavy atom. The van der Waals surface area contributed by atoms with Crippen molar-refractivity contribution in [3.63, 3.8) is 0 Å². The molecule has 1 unspecified atom stereocenters. The largest absolute Gasteiger partial charge is 0.771 e. The fourth-order valence-electron chi connectivity index (χ4n) is 1.75. The van der Waals surface area contributed by atoms with Gasteiger partial charge in [-0.05, 0) is 17.0 Å². The molecule has 0 spiro atoms. The van der Waals surface area contributed by atoms with Gasteiger partial charge < -0.3 is 9.45 Å². The van der Waals surface area contributed by atoms with Gasteiger partial charge in [0.1, 0.15) is 0 Å². The highest BCUT2D eigenvalue weighted by Gasteiger charge is 2.21. The smallest absolute Gasteiger partial charge is 0.222 e. The van der Waals surface area contributed by atoms with E-state index in [4.69, 9.17) is 0 Å². The second-order valence-corrected chi connectivity index (χ2v) is 5.40. The second-order valence-electron chi connectivity index (χ2n) is 4.53. The predicted molar refractivity (Wildman–Crippen MR) is 61.4 cm³/mol. The van der Waals surface area contributed by atoms with Crippen molar-refractivity contribution in [2.45, 2.75) is 20.3 Å². The zero-order valence-electron chi connectivity index (χ0n) is 9.85. The first-order chi connectivity index (χ1) is 7.49. The van der Waals surface area contributed by atoms with Gasteiger partial charge in [0.15, 0.2) is 0 Å². The Morgan fingerprint density at radius 3 is 2.31 bits per heavy atom. The molecule has 6 heteroatoms. The second kappa shape index (κ2) is 6.32. The van der Waals surface area contributed by atoms with E-state index in [-0.39, 0.29) is 11.8 Å². The van der Waals surface area contributed by atoms with E-state index in [2.05, 4.69) is 0 Å². The summed E-state index contributed by atoms with van der Waals surface area (Å²) in [5, 5.41) is 0. The molecule has 1 aliphatic rings. The topological polar surface area (TPSA) is 63.7 Å². The molecule has 0 aromatic rings. The van der Waals surface area contributed by atoms with E-state index in [0.29, 0.717) is 38.5 Å². The van der Waals surface area contributed by atoms with Crippen LogP contribution in [-0.2, 0) is 15.9 Å². The number of piperazine rings is 1. The molecule has 1 heterocycles. The van der Waals surface area contributed by atoms with E-state index < -0.39 is 11.1 Å². The molecule has 5 nitrogen and oxygen atoms in total. The van der Waals surface area contributed by atoms with Gasteiger partial charge in [-0.2, -0.15) is 0 Å². The number of amides is 1. The number of rotatable bonds is 4. The van der Waals surface area contributed by atoms with Crippen molar-refractivity contribution in [2.75, 3.05) is 32.1 Å². The van der Waals surface area contributed by atoms with Crippen LogP contribution in [0.15, 0.2) is 0 Å². The molecule has 0 radical (unpaired) electrons. The summed E-state index contributed by atoms with van der Waals surface area (Å²) in [6, 6.07) is 0. The Morgan fingerprint density at radius 2 is 1.88 bits per heavy atom. The van der Waals surface area contributed by atoms with E-state index in [1.807, 2.05) is 23.6 Å². The fraction of sp³-hybridized carbons (Fsp3) is 0.900. The Kier molecular flexibility index (Phi) is 5.37. The van der Waals surface area contributed by atoms with E-state index in [0.717, 1.165) is 0 Å². The summed E-state index contributed by atoms with van der Waals surface area (Å²) in [6.45, 7) is 6.63. The highest BCUT2D eigenvalue weighted by Crippen LogP contribution is 2.08. The third-order valence-corrected chi connectivity index (χ3v) is 3.17. The molecular weight excluding hydrogens is 228 g/mol. The van der Waals surface area contributed by atoms with Crippen molar-refractivity contribution in [2.24, 2.45) is 5.92 Å². The molecule has 0 aliphatic carbocycles. The highest BCUT2D eigenvalue weighted by molar-refractivity contribution is 7.79. The average molecular weight is 247 g/mol. The Hall–Kier alpha value is -0.460. The van der Waals surface area contributed by atoms with Crippen molar-refractivity contribution in [3.8, 4) is 0 Å². The summed E-state index contributed by atoms with van der Waals surface area (Å²) in [4.78, 5) is 15.4. The van der Waals surface area contributed by atoms with Gasteiger partial charge in [0.25, 0.3) is 0 Å². The molecule has 0 aromatic carbocycles. The van der Waals surface area contributed by atoms with Crippen LogP contribution in [0.2, 0.25) is 0 Å². The van der Waals surface area contributed by atoms with Crippen LogP contribution in [0.25, 0.3) is 0 Å². The molecule has 1 amide bonds. The van der Waals surface area contributed by atoms with Crippen molar-refractivity contribution in [3.05, 3.63) is 0 Å². The van der Waals surface area contributed by atoms with E-state index in [1.54, 1.807) is 0 Å². The van der Waals surface area contributed by atoms with Gasteiger partial charge in [-0.3, -0.25) is 13.9 Å². The Balaban J connectivity index is 2.31. The predicted octanol–water partition coefficient (Wildman–Crippen LogP) is 0.0133. The van der Waals surface area contributed by atoms with Crippen LogP contribution in [0.3, 0.4) is 0 Å². The third kappa shape index (κ3) is 4.59. The molecule has 16 heavy (non-hydrogen) atoms. The number of hydrogen-bond acceptors (Lipinski definition) is 4. The molecule has 0 bridgehead atoms.